The van der Waals surface area contributed by atoms with Crippen molar-refractivity contribution in [2.45, 2.75) is 13.0 Å². The number of hydrogen-bond acceptors (Lipinski definition) is 3. The van der Waals surface area contributed by atoms with Gasteiger partial charge in [-0.05, 0) is 6.92 Å². The van der Waals surface area contributed by atoms with E-state index in [9.17, 15) is 4.79 Å². The fourth-order valence-corrected chi connectivity index (χ4v) is 0.956. The van der Waals surface area contributed by atoms with Crippen LogP contribution in [0.3, 0.4) is 0 Å². The van der Waals surface area contributed by atoms with E-state index in [0.29, 0.717) is 19.1 Å². The number of hydrogen-bond donors (Lipinski definition) is 1. The van der Waals surface area contributed by atoms with Gasteiger partial charge in [0.25, 0.3) is 0 Å². The molecule has 78 valence electrons. The number of amides is 1. The van der Waals surface area contributed by atoms with Gasteiger partial charge in [-0.1, -0.05) is 0 Å². The zero-order chi connectivity index (χ0) is 10.1. The maximum Gasteiger partial charge on any atom is 0.246 e. The molecule has 1 N–H and O–H groups in total. The van der Waals surface area contributed by atoms with Gasteiger partial charge in [0.15, 0.2) is 0 Å². The molecule has 0 bridgehead atoms. The highest BCUT2D eigenvalue weighted by Crippen LogP contribution is 1.89. The highest BCUT2D eigenvalue weighted by atomic mass is 35.5. The van der Waals surface area contributed by atoms with Crippen LogP contribution < -0.4 is 5.32 Å². The zero-order valence-corrected chi connectivity index (χ0v) is 8.76. The number of carbonyl (C=O) groups excluding carboxylic acids is 1. The van der Waals surface area contributed by atoms with Crippen LogP contribution in [0.1, 0.15) is 6.92 Å². The van der Waals surface area contributed by atoms with Gasteiger partial charge in [-0.3, -0.25) is 4.79 Å². The van der Waals surface area contributed by atoms with Crippen molar-refractivity contribution in [3.63, 3.8) is 0 Å². The lowest BCUT2D eigenvalue weighted by Gasteiger charge is -2.14. The molecule has 0 aromatic rings. The molecule has 0 radical (unpaired) electrons. The van der Waals surface area contributed by atoms with E-state index in [0.717, 1.165) is 0 Å². The van der Waals surface area contributed by atoms with Crippen molar-refractivity contribution in [1.82, 2.24) is 5.32 Å². The van der Waals surface area contributed by atoms with Crippen molar-refractivity contribution in [1.29, 1.82) is 0 Å². The number of nitrogens with one attached hydrogen (secondary N) is 1. The Bertz CT molecular complexity index is 143. The summed E-state index contributed by atoms with van der Waals surface area (Å²) in [5.41, 5.74) is 0. The van der Waals surface area contributed by atoms with Gasteiger partial charge in [0, 0.05) is 19.6 Å². The van der Waals surface area contributed by atoms with Crippen molar-refractivity contribution in [2.24, 2.45) is 0 Å². The van der Waals surface area contributed by atoms with Crippen LogP contribution >= 0.6 is 11.6 Å². The molecule has 0 saturated carbocycles. The monoisotopic (exact) mass is 209 g/mol. The number of alkyl halides is 1. The third-order valence-electron chi connectivity index (χ3n) is 1.36. The lowest BCUT2D eigenvalue weighted by Crippen LogP contribution is -2.41. The molecule has 0 fully saturated rings. The molecule has 0 aliphatic rings. The van der Waals surface area contributed by atoms with Crippen molar-refractivity contribution in [2.75, 3.05) is 32.8 Å². The van der Waals surface area contributed by atoms with Crippen LogP contribution in [-0.2, 0) is 14.3 Å². The average Bonchev–Trinajstić information content (AvgIpc) is 2.14. The summed E-state index contributed by atoms with van der Waals surface area (Å²) in [4.78, 5) is 11.1. The summed E-state index contributed by atoms with van der Waals surface area (Å²) in [5.74, 6) is 0.177. The largest absolute Gasteiger partial charge is 0.383 e. The van der Waals surface area contributed by atoms with E-state index in [4.69, 9.17) is 21.1 Å². The van der Waals surface area contributed by atoms with Crippen LogP contribution in [0.2, 0.25) is 0 Å². The van der Waals surface area contributed by atoms with Gasteiger partial charge in [-0.25, -0.2) is 0 Å². The molecular weight excluding hydrogens is 194 g/mol. The molecule has 1 atom stereocenters. The highest BCUT2D eigenvalue weighted by Gasteiger charge is 2.10. The molecule has 13 heavy (non-hydrogen) atoms. The average molecular weight is 210 g/mol. The molecule has 0 aromatic heterocycles. The summed E-state index contributed by atoms with van der Waals surface area (Å²) < 4.78 is 9.78. The molecule has 1 amide bonds. The Balaban J connectivity index is 3.60. The van der Waals surface area contributed by atoms with Gasteiger partial charge in [-0.2, -0.15) is 0 Å². The number of rotatable bonds is 7. The summed E-state index contributed by atoms with van der Waals surface area (Å²) in [6, 6.07) is -0.139. The molecule has 4 nitrogen and oxygen atoms in total. The SMILES string of the molecule is CCOCC(=O)NC(CCl)COC. The Morgan fingerprint density at radius 1 is 1.62 bits per heavy atom. The van der Waals surface area contributed by atoms with Gasteiger partial charge in [0.1, 0.15) is 6.61 Å². The van der Waals surface area contributed by atoms with Crippen LogP contribution in [0.15, 0.2) is 0 Å². The molecule has 0 saturated heterocycles. The van der Waals surface area contributed by atoms with Gasteiger partial charge in [0.2, 0.25) is 5.91 Å². The minimum absolute atomic E-state index is 0.0770. The van der Waals surface area contributed by atoms with Gasteiger partial charge >= 0.3 is 0 Å². The molecule has 1 unspecified atom stereocenters. The predicted octanol–water partition coefficient (Wildman–Crippen LogP) is 0.393. The maximum atomic E-state index is 11.1. The second-order valence-electron chi connectivity index (χ2n) is 2.51. The predicted molar refractivity (Wildman–Crippen MR) is 51.0 cm³/mol. The van der Waals surface area contributed by atoms with Crippen molar-refractivity contribution in [3.05, 3.63) is 0 Å². The first-order valence-electron chi connectivity index (χ1n) is 4.16. The Morgan fingerprint density at radius 2 is 2.31 bits per heavy atom. The van der Waals surface area contributed by atoms with Crippen LogP contribution in [0.4, 0.5) is 0 Å². The third-order valence-corrected chi connectivity index (χ3v) is 1.73. The molecular formula is C8H16ClNO3. The van der Waals surface area contributed by atoms with E-state index < -0.39 is 0 Å². The van der Waals surface area contributed by atoms with E-state index in [1.807, 2.05) is 6.92 Å². The smallest absolute Gasteiger partial charge is 0.246 e. The van der Waals surface area contributed by atoms with Crippen LogP contribution in [0.5, 0.6) is 0 Å². The summed E-state index contributed by atoms with van der Waals surface area (Å²) >= 11 is 5.59. The lowest BCUT2D eigenvalue weighted by molar-refractivity contribution is -0.126. The summed E-state index contributed by atoms with van der Waals surface area (Å²) in [6.45, 7) is 2.86. The van der Waals surface area contributed by atoms with E-state index in [-0.39, 0.29) is 18.6 Å². The lowest BCUT2D eigenvalue weighted by atomic mass is 10.3. The van der Waals surface area contributed by atoms with Gasteiger partial charge in [-0.15, -0.1) is 11.6 Å². The Hall–Kier alpha value is -0.320. The first-order valence-corrected chi connectivity index (χ1v) is 4.70. The summed E-state index contributed by atoms with van der Waals surface area (Å²) in [7, 11) is 1.56. The fraction of sp³-hybridized carbons (Fsp3) is 0.875. The van der Waals surface area contributed by atoms with Crippen molar-refractivity contribution < 1.29 is 14.3 Å². The van der Waals surface area contributed by atoms with Crippen LogP contribution in [-0.4, -0.2) is 44.8 Å². The van der Waals surface area contributed by atoms with E-state index in [2.05, 4.69) is 5.32 Å². The number of ether oxygens (including phenoxy) is 2. The first-order chi connectivity index (χ1) is 6.24. The number of halogens is 1. The molecule has 0 rings (SSSR count). The van der Waals surface area contributed by atoms with Gasteiger partial charge in [0.05, 0.1) is 12.6 Å². The minimum Gasteiger partial charge on any atom is -0.383 e. The van der Waals surface area contributed by atoms with Crippen LogP contribution in [0.25, 0.3) is 0 Å². The Kier molecular flexibility index (Phi) is 8.08. The highest BCUT2D eigenvalue weighted by molar-refractivity contribution is 6.18. The molecule has 0 aliphatic heterocycles. The van der Waals surface area contributed by atoms with Crippen molar-refractivity contribution >= 4 is 17.5 Å². The molecule has 5 heteroatoms. The first kappa shape index (κ1) is 12.7. The minimum atomic E-state index is -0.162. The summed E-state index contributed by atoms with van der Waals surface area (Å²) in [6.07, 6.45) is 0. The molecule has 0 heterocycles. The topological polar surface area (TPSA) is 47.6 Å². The van der Waals surface area contributed by atoms with E-state index in [1.54, 1.807) is 7.11 Å². The number of carbonyl (C=O) groups is 1. The van der Waals surface area contributed by atoms with Crippen LogP contribution in [0, 0.1) is 0 Å². The molecule has 0 aliphatic carbocycles. The standard InChI is InChI=1S/C8H16ClNO3/c1-3-13-6-8(11)10-7(4-9)5-12-2/h7H,3-6H2,1-2H3,(H,10,11). The summed E-state index contributed by atoms with van der Waals surface area (Å²) in [5, 5.41) is 2.68. The third kappa shape index (κ3) is 6.81. The second kappa shape index (κ2) is 8.29. The number of methoxy groups -OCH3 is 1. The Labute approximate surface area is 83.5 Å². The van der Waals surface area contributed by atoms with E-state index in [1.165, 1.54) is 0 Å². The normalized spacial score (nSPS) is 12.5. The second-order valence-corrected chi connectivity index (χ2v) is 2.82. The molecule has 0 aromatic carbocycles. The van der Waals surface area contributed by atoms with Gasteiger partial charge < -0.3 is 14.8 Å². The zero-order valence-electron chi connectivity index (χ0n) is 8.01. The van der Waals surface area contributed by atoms with E-state index >= 15 is 0 Å². The van der Waals surface area contributed by atoms with Crippen molar-refractivity contribution in [3.8, 4) is 0 Å². The molecule has 0 spiro atoms. The maximum absolute atomic E-state index is 11.1. The fourth-order valence-electron chi connectivity index (χ4n) is 0.790. The quantitative estimate of drug-likeness (QED) is 0.618. The Morgan fingerprint density at radius 3 is 2.77 bits per heavy atom.